The molecule has 6 nitrogen and oxygen atoms in total. The van der Waals surface area contributed by atoms with Crippen LogP contribution in [0.1, 0.15) is 24.8 Å². The lowest BCUT2D eigenvalue weighted by atomic mass is 9.85. The average molecular weight is 375 g/mol. The Morgan fingerprint density at radius 1 is 1.42 bits per heavy atom. The van der Waals surface area contributed by atoms with Crippen LogP contribution in [-0.2, 0) is 14.8 Å². The van der Waals surface area contributed by atoms with Crippen molar-refractivity contribution < 1.29 is 17.9 Å². The number of carbonyl (C=O) groups excluding carboxylic acids is 1. The fraction of sp³-hybridized carbons (Fsp3) is 0.562. The van der Waals surface area contributed by atoms with E-state index in [1.165, 1.54) is 11.4 Å². The Balaban J connectivity index is 2.17. The molecule has 0 aliphatic heterocycles. The largest absolute Gasteiger partial charge is 0.494 e. The van der Waals surface area contributed by atoms with Crippen LogP contribution in [0.3, 0.4) is 0 Å². The number of halogens is 1. The second kappa shape index (κ2) is 7.61. The molecule has 1 N–H and O–H groups in total. The molecule has 0 atom stereocenters. The predicted molar refractivity (Wildman–Crippen MR) is 95.3 cm³/mol. The van der Waals surface area contributed by atoms with Gasteiger partial charge in [-0.25, -0.2) is 8.42 Å². The highest BCUT2D eigenvalue weighted by Crippen LogP contribution is 2.34. The molecule has 0 saturated heterocycles. The fourth-order valence-electron chi connectivity index (χ4n) is 2.57. The van der Waals surface area contributed by atoms with Gasteiger partial charge in [0, 0.05) is 23.6 Å². The van der Waals surface area contributed by atoms with Gasteiger partial charge in [-0.05, 0) is 31.4 Å². The van der Waals surface area contributed by atoms with E-state index >= 15 is 0 Å². The zero-order chi connectivity index (χ0) is 17.9. The molecule has 134 valence electrons. The van der Waals surface area contributed by atoms with E-state index in [2.05, 4.69) is 5.32 Å². The molecule has 1 aliphatic rings. The van der Waals surface area contributed by atoms with Crippen molar-refractivity contribution >= 4 is 33.2 Å². The Morgan fingerprint density at radius 2 is 2.08 bits per heavy atom. The first kappa shape index (κ1) is 18.9. The van der Waals surface area contributed by atoms with E-state index in [4.69, 9.17) is 16.3 Å². The van der Waals surface area contributed by atoms with E-state index in [0.29, 0.717) is 16.5 Å². The van der Waals surface area contributed by atoms with Crippen LogP contribution in [0.4, 0.5) is 5.69 Å². The van der Waals surface area contributed by atoms with Crippen molar-refractivity contribution in [2.75, 3.05) is 30.8 Å². The molecular weight excluding hydrogens is 352 g/mol. The standard InChI is InChI=1S/C16H23ClN2O4S/c1-11-9-14(15(23-2)10-13(11)17)19(24(3,21)22)8-7-18-16(20)12-5-4-6-12/h9-10,12H,4-8H2,1-3H3,(H,18,20). The first-order valence-electron chi connectivity index (χ1n) is 7.83. The molecular formula is C16H23ClN2O4S. The molecule has 0 aromatic heterocycles. The molecule has 0 unspecified atom stereocenters. The molecule has 1 amide bonds. The van der Waals surface area contributed by atoms with Gasteiger partial charge in [0.1, 0.15) is 5.75 Å². The minimum atomic E-state index is -3.53. The number of ether oxygens (including phenoxy) is 1. The van der Waals surface area contributed by atoms with E-state index < -0.39 is 10.0 Å². The lowest BCUT2D eigenvalue weighted by Gasteiger charge is -2.27. The molecule has 0 radical (unpaired) electrons. The zero-order valence-corrected chi connectivity index (χ0v) is 15.7. The second-order valence-corrected chi connectivity index (χ2v) is 8.34. The van der Waals surface area contributed by atoms with Crippen molar-refractivity contribution in [3.63, 3.8) is 0 Å². The molecule has 24 heavy (non-hydrogen) atoms. The zero-order valence-electron chi connectivity index (χ0n) is 14.1. The summed E-state index contributed by atoms with van der Waals surface area (Å²) in [6.07, 6.45) is 4.02. The highest BCUT2D eigenvalue weighted by molar-refractivity contribution is 7.92. The van der Waals surface area contributed by atoms with Crippen molar-refractivity contribution in [1.29, 1.82) is 0 Å². The van der Waals surface area contributed by atoms with Crippen LogP contribution in [-0.4, -0.2) is 40.8 Å². The Morgan fingerprint density at radius 3 is 2.58 bits per heavy atom. The van der Waals surface area contributed by atoms with Crippen molar-refractivity contribution in [3.05, 3.63) is 22.7 Å². The minimum absolute atomic E-state index is 0.00560. The molecule has 1 aliphatic carbocycles. The van der Waals surface area contributed by atoms with Crippen molar-refractivity contribution in [3.8, 4) is 5.75 Å². The molecule has 1 aromatic carbocycles. The molecule has 1 saturated carbocycles. The van der Waals surface area contributed by atoms with Gasteiger partial charge < -0.3 is 10.1 Å². The van der Waals surface area contributed by atoms with Crippen molar-refractivity contribution in [2.45, 2.75) is 26.2 Å². The van der Waals surface area contributed by atoms with Gasteiger partial charge >= 0.3 is 0 Å². The van der Waals surface area contributed by atoms with Crippen LogP contribution in [0, 0.1) is 12.8 Å². The highest BCUT2D eigenvalue weighted by Gasteiger charge is 2.26. The van der Waals surface area contributed by atoms with Gasteiger partial charge in [0.2, 0.25) is 15.9 Å². The van der Waals surface area contributed by atoms with E-state index in [0.717, 1.165) is 31.1 Å². The second-order valence-electron chi connectivity index (χ2n) is 6.03. The molecule has 1 aromatic rings. The molecule has 2 rings (SSSR count). The average Bonchev–Trinajstić information content (AvgIpc) is 2.43. The number of sulfonamides is 1. The number of aryl methyl sites for hydroxylation is 1. The number of hydrogen-bond acceptors (Lipinski definition) is 4. The van der Waals surface area contributed by atoms with Gasteiger partial charge in [0.15, 0.2) is 0 Å². The number of anilines is 1. The number of rotatable bonds is 7. The summed E-state index contributed by atoms with van der Waals surface area (Å²) in [6, 6.07) is 3.27. The van der Waals surface area contributed by atoms with Gasteiger partial charge in [-0.2, -0.15) is 0 Å². The summed E-state index contributed by atoms with van der Waals surface area (Å²) in [5.41, 5.74) is 1.17. The number of amides is 1. The summed E-state index contributed by atoms with van der Waals surface area (Å²) in [5.74, 6) is 0.444. The first-order valence-corrected chi connectivity index (χ1v) is 10.1. The van der Waals surface area contributed by atoms with Gasteiger partial charge in [0.05, 0.1) is 25.6 Å². The number of hydrogen-bond donors (Lipinski definition) is 1. The topological polar surface area (TPSA) is 75.7 Å². The maximum absolute atomic E-state index is 12.2. The Labute approximate surface area is 148 Å². The normalized spacial score (nSPS) is 14.8. The quantitative estimate of drug-likeness (QED) is 0.794. The van der Waals surface area contributed by atoms with E-state index in [9.17, 15) is 13.2 Å². The molecule has 1 fully saturated rings. The van der Waals surface area contributed by atoms with E-state index in [1.54, 1.807) is 19.1 Å². The van der Waals surface area contributed by atoms with Crippen molar-refractivity contribution in [1.82, 2.24) is 5.32 Å². The molecule has 0 bridgehead atoms. The summed E-state index contributed by atoms with van der Waals surface area (Å²) in [4.78, 5) is 11.9. The van der Waals surface area contributed by atoms with Gasteiger partial charge in [0.25, 0.3) is 0 Å². The third kappa shape index (κ3) is 4.33. The number of nitrogens with zero attached hydrogens (tertiary/aromatic N) is 1. The Bertz CT molecular complexity index is 717. The molecule has 0 heterocycles. The number of methoxy groups -OCH3 is 1. The Kier molecular flexibility index (Phi) is 5.98. The minimum Gasteiger partial charge on any atom is -0.494 e. The van der Waals surface area contributed by atoms with Crippen LogP contribution < -0.4 is 14.4 Å². The first-order chi connectivity index (χ1) is 11.2. The van der Waals surface area contributed by atoms with E-state index in [-0.39, 0.29) is 24.9 Å². The summed E-state index contributed by atoms with van der Waals surface area (Å²) in [6.45, 7) is 2.17. The Hall–Kier alpha value is -1.47. The van der Waals surface area contributed by atoms with Gasteiger partial charge in [-0.15, -0.1) is 0 Å². The molecule has 8 heteroatoms. The summed E-state index contributed by atoms with van der Waals surface area (Å²) in [5, 5.41) is 3.31. The number of carbonyl (C=O) groups is 1. The summed E-state index contributed by atoms with van der Waals surface area (Å²) in [7, 11) is -2.07. The summed E-state index contributed by atoms with van der Waals surface area (Å²) < 4.78 is 30.9. The SMILES string of the molecule is COc1cc(Cl)c(C)cc1N(CCNC(=O)C1CCC1)S(C)(=O)=O. The van der Waals surface area contributed by atoms with Crippen LogP contribution in [0.15, 0.2) is 12.1 Å². The highest BCUT2D eigenvalue weighted by atomic mass is 35.5. The maximum atomic E-state index is 12.2. The third-order valence-electron chi connectivity index (χ3n) is 4.22. The van der Waals surface area contributed by atoms with E-state index in [1.807, 2.05) is 0 Å². The smallest absolute Gasteiger partial charge is 0.232 e. The van der Waals surface area contributed by atoms with Crippen molar-refractivity contribution in [2.24, 2.45) is 5.92 Å². The predicted octanol–water partition coefficient (Wildman–Crippen LogP) is 2.34. The van der Waals surface area contributed by atoms with Crippen LogP contribution in [0.25, 0.3) is 0 Å². The van der Waals surface area contributed by atoms with Crippen LogP contribution in [0.5, 0.6) is 5.75 Å². The van der Waals surface area contributed by atoms with Gasteiger partial charge in [-0.1, -0.05) is 18.0 Å². The molecule has 0 spiro atoms. The summed E-state index contributed by atoms with van der Waals surface area (Å²) >= 11 is 6.08. The number of benzene rings is 1. The van der Waals surface area contributed by atoms with Crippen LogP contribution >= 0.6 is 11.6 Å². The fourth-order valence-corrected chi connectivity index (χ4v) is 3.64. The third-order valence-corrected chi connectivity index (χ3v) is 5.81. The maximum Gasteiger partial charge on any atom is 0.232 e. The van der Waals surface area contributed by atoms with Gasteiger partial charge in [-0.3, -0.25) is 9.10 Å². The monoisotopic (exact) mass is 374 g/mol. The lowest BCUT2D eigenvalue weighted by Crippen LogP contribution is -2.41. The van der Waals surface area contributed by atoms with Crippen LogP contribution in [0.2, 0.25) is 5.02 Å². The lowest BCUT2D eigenvalue weighted by molar-refractivity contribution is -0.127. The number of nitrogens with one attached hydrogen (secondary N) is 1.